The van der Waals surface area contributed by atoms with Crippen LogP contribution < -0.4 is 24.3 Å². The van der Waals surface area contributed by atoms with Crippen LogP contribution in [0.15, 0.2) is 42.6 Å². The molecule has 2 N–H and O–H groups in total. The number of carboxylic acids is 1. The molecule has 0 saturated carbocycles. The number of methoxy groups -OCH3 is 4. The lowest BCUT2D eigenvalue weighted by Crippen LogP contribution is -2.16. The summed E-state index contributed by atoms with van der Waals surface area (Å²) in [5.74, 6) is 0.0768. The van der Waals surface area contributed by atoms with Gasteiger partial charge in [0.25, 0.3) is 0 Å². The number of nitrogens with one attached hydrogen (secondary N) is 1. The highest BCUT2D eigenvalue weighted by Gasteiger charge is 2.25. The molecule has 2 rings (SSSR count). The normalized spacial score (nSPS) is 12.3. The van der Waals surface area contributed by atoms with Crippen molar-refractivity contribution in [3.8, 4) is 23.0 Å². The van der Waals surface area contributed by atoms with Crippen LogP contribution in [-0.4, -0.2) is 53.7 Å². The van der Waals surface area contributed by atoms with E-state index in [0.717, 1.165) is 6.08 Å². The summed E-state index contributed by atoms with van der Waals surface area (Å²) < 4.78 is 47.5. The standard InChI is InChI=1S/C23H29NO8S/c1-15(23-20(31-4)11-17(29-2)12-21(23)32-5)13-33(27,28)14-16-6-7-19(30-3)18(10-16)24-9-8-22(25)26/h6-12,15,24H,13-14H2,1-5H3,(H,25,26)/b9-8+. The highest BCUT2D eigenvalue weighted by Crippen LogP contribution is 2.40. The zero-order valence-corrected chi connectivity index (χ0v) is 20.1. The van der Waals surface area contributed by atoms with Crippen LogP contribution in [0.1, 0.15) is 24.0 Å². The van der Waals surface area contributed by atoms with Crippen LogP contribution in [0.3, 0.4) is 0 Å². The molecule has 1 atom stereocenters. The summed E-state index contributed by atoms with van der Waals surface area (Å²) in [4.78, 5) is 10.7. The number of hydrogen-bond acceptors (Lipinski definition) is 8. The van der Waals surface area contributed by atoms with Crippen molar-refractivity contribution >= 4 is 21.5 Å². The van der Waals surface area contributed by atoms with Crippen LogP contribution in [0.4, 0.5) is 5.69 Å². The average molecular weight is 480 g/mol. The van der Waals surface area contributed by atoms with Crippen molar-refractivity contribution in [2.45, 2.75) is 18.6 Å². The van der Waals surface area contributed by atoms with Gasteiger partial charge in [-0.1, -0.05) is 13.0 Å². The Balaban J connectivity index is 2.27. The van der Waals surface area contributed by atoms with E-state index in [0.29, 0.717) is 39.8 Å². The van der Waals surface area contributed by atoms with Crippen molar-refractivity contribution in [3.63, 3.8) is 0 Å². The molecular weight excluding hydrogens is 450 g/mol. The van der Waals surface area contributed by atoms with Gasteiger partial charge < -0.3 is 29.4 Å². The van der Waals surface area contributed by atoms with E-state index >= 15 is 0 Å². The lowest BCUT2D eigenvalue weighted by Gasteiger charge is -2.20. The predicted molar refractivity (Wildman–Crippen MR) is 125 cm³/mol. The number of sulfone groups is 1. The molecule has 180 valence electrons. The van der Waals surface area contributed by atoms with Crippen molar-refractivity contribution in [3.05, 3.63) is 53.7 Å². The zero-order valence-electron chi connectivity index (χ0n) is 19.2. The number of anilines is 1. The molecule has 0 radical (unpaired) electrons. The summed E-state index contributed by atoms with van der Waals surface area (Å²) in [6, 6.07) is 8.27. The Kier molecular flexibility index (Phi) is 8.98. The van der Waals surface area contributed by atoms with E-state index in [9.17, 15) is 13.2 Å². The first-order valence-electron chi connectivity index (χ1n) is 9.97. The summed E-state index contributed by atoms with van der Waals surface area (Å²) in [5.41, 5.74) is 1.62. The Bertz CT molecular complexity index is 1090. The molecule has 0 saturated heterocycles. The zero-order chi connectivity index (χ0) is 24.6. The molecule has 0 bridgehead atoms. The van der Waals surface area contributed by atoms with Crippen LogP contribution in [0, 0.1) is 0 Å². The van der Waals surface area contributed by atoms with Gasteiger partial charge in [0.05, 0.1) is 45.6 Å². The number of hydrogen-bond donors (Lipinski definition) is 2. The van der Waals surface area contributed by atoms with Gasteiger partial charge in [0.2, 0.25) is 0 Å². The van der Waals surface area contributed by atoms with Crippen molar-refractivity contribution < 1.29 is 37.3 Å². The van der Waals surface area contributed by atoms with Gasteiger partial charge in [-0.25, -0.2) is 13.2 Å². The fraction of sp³-hybridized carbons (Fsp3) is 0.348. The van der Waals surface area contributed by atoms with Crippen LogP contribution in [0.2, 0.25) is 0 Å². The monoisotopic (exact) mass is 479 g/mol. The molecule has 0 aliphatic heterocycles. The number of aliphatic carboxylic acids is 1. The average Bonchev–Trinajstić information content (AvgIpc) is 2.77. The lowest BCUT2D eigenvalue weighted by atomic mass is 10.0. The van der Waals surface area contributed by atoms with Gasteiger partial charge in [-0.15, -0.1) is 0 Å². The molecular formula is C23H29NO8S. The summed E-state index contributed by atoms with van der Waals surface area (Å²) in [7, 11) is 2.46. The molecule has 0 spiro atoms. The van der Waals surface area contributed by atoms with E-state index in [2.05, 4.69) is 5.32 Å². The van der Waals surface area contributed by atoms with Gasteiger partial charge in [-0.3, -0.25) is 0 Å². The topological polar surface area (TPSA) is 120 Å². The van der Waals surface area contributed by atoms with Crippen LogP contribution in [0.5, 0.6) is 23.0 Å². The van der Waals surface area contributed by atoms with E-state index in [4.69, 9.17) is 24.1 Å². The van der Waals surface area contributed by atoms with Crippen molar-refractivity contribution in [2.75, 3.05) is 39.5 Å². The minimum absolute atomic E-state index is 0.139. The summed E-state index contributed by atoms with van der Waals surface area (Å²) >= 11 is 0. The Labute approximate surface area is 193 Å². The van der Waals surface area contributed by atoms with E-state index < -0.39 is 21.7 Å². The van der Waals surface area contributed by atoms with Crippen molar-refractivity contribution in [1.82, 2.24) is 0 Å². The fourth-order valence-corrected chi connectivity index (χ4v) is 5.19. The van der Waals surface area contributed by atoms with Crippen molar-refractivity contribution in [1.29, 1.82) is 0 Å². The molecule has 0 heterocycles. The molecule has 9 nitrogen and oxygen atoms in total. The molecule has 0 fully saturated rings. The quantitative estimate of drug-likeness (QED) is 0.441. The number of carbonyl (C=O) groups is 1. The second kappa shape index (κ2) is 11.5. The van der Waals surface area contributed by atoms with Gasteiger partial charge in [-0.2, -0.15) is 0 Å². The number of carboxylic acid groups (broad SMARTS) is 1. The predicted octanol–water partition coefficient (Wildman–Crippen LogP) is 3.45. The smallest absolute Gasteiger partial charge is 0.329 e. The molecule has 0 aromatic heterocycles. The molecule has 0 aliphatic carbocycles. The van der Waals surface area contributed by atoms with Gasteiger partial charge in [0, 0.05) is 35.9 Å². The maximum atomic E-state index is 13.0. The lowest BCUT2D eigenvalue weighted by molar-refractivity contribution is -0.131. The maximum absolute atomic E-state index is 13.0. The Morgan fingerprint density at radius 2 is 1.61 bits per heavy atom. The molecule has 33 heavy (non-hydrogen) atoms. The van der Waals surface area contributed by atoms with Crippen LogP contribution in [-0.2, 0) is 20.4 Å². The minimum atomic E-state index is -3.54. The largest absolute Gasteiger partial charge is 0.496 e. The van der Waals surface area contributed by atoms with Gasteiger partial charge in [0.1, 0.15) is 23.0 Å². The number of ether oxygens (including phenoxy) is 4. The van der Waals surface area contributed by atoms with E-state index in [-0.39, 0.29) is 11.5 Å². The third-order valence-electron chi connectivity index (χ3n) is 4.87. The Morgan fingerprint density at radius 1 is 1.00 bits per heavy atom. The van der Waals surface area contributed by atoms with Crippen molar-refractivity contribution in [2.24, 2.45) is 0 Å². The number of benzene rings is 2. The van der Waals surface area contributed by atoms with E-state index in [1.165, 1.54) is 34.6 Å². The SMILES string of the molecule is COc1cc(OC)c(C(C)CS(=O)(=O)Cc2ccc(OC)c(N/C=C/C(=O)O)c2)c(OC)c1. The first-order valence-corrected chi connectivity index (χ1v) is 11.8. The molecule has 0 amide bonds. The molecule has 2 aromatic carbocycles. The fourth-order valence-electron chi connectivity index (χ4n) is 3.46. The highest BCUT2D eigenvalue weighted by molar-refractivity contribution is 7.90. The summed E-state index contributed by atoms with van der Waals surface area (Å²) in [6.07, 6.45) is 2.17. The summed E-state index contributed by atoms with van der Waals surface area (Å²) in [5, 5.41) is 11.5. The second-order valence-electron chi connectivity index (χ2n) is 7.25. The second-order valence-corrected chi connectivity index (χ2v) is 9.36. The maximum Gasteiger partial charge on any atom is 0.329 e. The van der Waals surface area contributed by atoms with Gasteiger partial charge in [0.15, 0.2) is 9.84 Å². The molecule has 1 unspecified atom stereocenters. The van der Waals surface area contributed by atoms with Gasteiger partial charge in [-0.05, 0) is 17.7 Å². The minimum Gasteiger partial charge on any atom is -0.496 e. The summed E-state index contributed by atoms with van der Waals surface area (Å²) in [6.45, 7) is 1.79. The Morgan fingerprint density at radius 3 is 2.12 bits per heavy atom. The van der Waals surface area contributed by atoms with Gasteiger partial charge >= 0.3 is 5.97 Å². The van der Waals surface area contributed by atoms with E-state index in [1.807, 2.05) is 0 Å². The Hall–Kier alpha value is -3.40. The van der Waals surface area contributed by atoms with E-state index in [1.54, 1.807) is 37.3 Å². The first kappa shape index (κ1) is 25.9. The van der Waals surface area contributed by atoms with Crippen LogP contribution in [0.25, 0.3) is 0 Å². The third kappa shape index (κ3) is 7.04. The van der Waals surface area contributed by atoms with Crippen LogP contribution >= 0.6 is 0 Å². The molecule has 10 heteroatoms. The molecule has 2 aromatic rings. The molecule has 0 aliphatic rings. The third-order valence-corrected chi connectivity index (χ3v) is 6.65. The number of rotatable bonds is 12. The first-order chi connectivity index (χ1) is 15.6. The highest BCUT2D eigenvalue weighted by atomic mass is 32.2.